The Hall–Kier alpha value is -8.55. The summed E-state index contributed by atoms with van der Waals surface area (Å²) in [5, 5.41) is 4.57. The number of ether oxygens (including phenoxy) is 1. The van der Waals surface area contributed by atoms with Gasteiger partial charge in [0.2, 0.25) is 11.9 Å². The fraction of sp³-hybridized carbons (Fsp3) is 0. The molecular weight excluding hydrogens is 781 g/mol. The number of hydrogen-bond donors (Lipinski definition) is 0. The maximum atomic E-state index is 6.75. The number of fused-ring (bicyclic) bond motifs is 15. The van der Waals surface area contributed by atoms with Gasteiger partial charge in [0.05, 0.1) is 22.1 Å². The van der Waals surface area contributed by atoms with Crippen LogP contribution in [0, 0.1) is 0 Å². The van der Waals surface area contributed by atoms with Crippen molar-refractivity contribution < 1.29 is 4.74 Å². The van der Waals surface area contributed by atoms with Gasteiger partial charge >= 0.3 is 0 Å². The molecule has 0 amide bonds. The Morgan fingerprint density at radius 1 is 0.344 bits per heavy atom. The van der Waals surface area contributed by atoms with Crippen LogP contribution in [0.3, 0.4) is 0 Å². The van der Waals surface area contributed by atoms with E-state index in [0.717, 1.165) is 88.3 Å². The lowest BCUT2D eigenvalue weighted by molar-refractivity contribution is 0.487. The van der Waals surface area contributed by atoms with E-state index in [1.165, 1.54) is 22.2 Å². The lowest BCUT2D eigenvalue weighted by Crippen LogP contribution is -2.56. The predicted octanol–water partition coefficient (Wildman–Crippen LogP) is 11.7. The van der Waals surface area contributed by atoms with Gasteiger partial charge in [-0.25, -0.2) is 0 Å². The first-order valence-electron chi connectivity index (χ1n) is 21.7. The molecule has 0 aliphatic carbocycles. The molecule has 9 aromatic carbocycles. The van der Waals surface area contributed by atoms with Crippen LogP contribution in [0.25, 0.3) is 100 Å². The summed E-state index contributed by atoms with van der Waals surface area (Å²) < 4.78 is 11.1. The van der Waals surface area contributed by atoms with Crippen molar-refractivity contribution in [3.05, 3.63) is 206 Å². The fourth-order valence-corrected chi connectivity index (χ4v) is 10.6. The largest absolute Gasteiger partial charge is 0.458 e. The highest BCUT2D eigenvalue weighted by molar-refractivity contribution is 6.98. The molecule has 0 spiro atoms. The van der Waals surface area contributed by atoms with E-state index in [2.05, 4.69) is 215 Å². The topological polar surface area (TPSA) is 57.8 Å². The van der Waals surface area contributed by atoms with Gasteiger partial charge in [-0.2, -0.15) is 15.0 Å². The number of benzene rings is 9. The number of aromatic nitrogens is 5. The van der Waals surface area contributed by atoms with Gasteiger partial charge in [0, 0.05) is 27.1 Å². The quantitative estimate of drug-likeness (QED) is 0.167. The van der Waals surface area contributed by atoms with Crippen LogP contribution in [0.5, 0.6) is 11.5 Å². The summed E-state index contributed by atoms with van der Waals surface area (Å²) in [7, 11) is 0. The zero-order chi connectivity index (χ0) is 41.9. The Balaban J connectivity index is 1.09. The average molecular weight is 816 g/mol. The van der Waals surface area contributed by atoms with E-state index in [4.69, 9.17) is 19.7 Å². The van der Waals surface area contributed by atoms with Crippen LogP contribution in [-0.2, 0) is 0 Å². The smallest absolute Gasteiger partial charge is 0.252 e. The Labute approximate surface area is 368 Å². The maximum absolute atomic E-state index is 6.75. The van der Waals surface area contributed by atoms with Gasteiger partial charge in [0.25, 0.3) is 6.71 Å². The minimum atomic E-state index is -0.112. The molecule has 0 N–H and O–H groups in total. The third-order valence-corrected chi connectivity index (χ3v) is 13.3. The van der Waals surface area contributed by atoms with Crippen LogP contribution in [0.1, 0.15) is 0 Å². The first kappa shape index (κ1) is 35.1. The molecule has 0 bridgehead atoms. The standard InChI is InChI=1S/C57H34BN5O/c1-3-18-38-36(16-1)37-17-2-4-19-39(37)45-34-35(32-33-46(45)58-47-25-9-14-30-52(47)64-53-31-15-24-44(38)54(53)58)55-59-56(62-48-26-10-5-20-40(48)41-21-6-11-27-49(41)62)61-57(60-55)63-50-28-12-7-22-42(50)43-23-8-13-29-51(43)63/h1-34H. The van der Waals surface area contributed by atoms with Crippen LogP contribution in [-0.4, -0.2) is 30.8 Å². The lowest BCUT2D eigenvalue weighted by Gasteiger charge is -2.29. The molecule has 296 valence electrons. The van der Waals surface area contributed by atoms with Gasteiger partial charge in [-0.3, -0.25) is 9.13 Å². The number of rotatable bonds is 3. The molecule has 0 saturated carbocycles. The fourth-order valence-electron chi connectivity index (χ4n) is 10.6. The van der Waals surface area contributed by atoms with Crippen molar-refractivity contribution in [1.29, 1.82) is 0 Å². The maximum Gasteiger partial charge on any atom is 0.252 e. The predicted molar refractivity (Wildman–Crippen MR) is 261 cm³/mol. The minimum absolute atomic E-state index is 0.112. The van der Waals surface area contributed by atoms with Crippen LogP contribution < -0.4 is 21.1 Å². The first-order valence-corrected chi connectivity index (χ1v) is 21.7. The summed E-state index contributed by atoms with van der Waals surface area (Å²) in [6, 6.07) is 73.4. The number of hydrogen-bond acceptors (Lipinski definition) is 4. The summed E-state index contributed by atoms with van der Waals surface area (Å²) in [6.07, 6.45) is 0. The van der Waals surface area contributed by atoms with E-state index in [0.29, 0.717) is 17.7 Å². The highest BCUT2D eigenvalue weighted by atomic mass is 16.5. The van der Waals surface area contributed by atoms with Gasteiger partial charge in [-0.15, -0.1) is 0 Å². The van der Waals surface area contributed by atoms with Gasteiger partial charge < -0.3 is 4.74 Å². The third-order valence-electron chi connectivity index (χ3n) is 13.3. The van der Waals surface area contributed by atoms with Crippen molar-refractivity contribution in [3.63, 3.8) is 0 Å². The molecule has 14 rings (SSSR count). The minimum Gasteiger partial charge on any atom is -0.458 e. The first-order chi connectivity index (χ1) is 31.8. The Morgan fingerprint density at radius 2 is 0.781 bits per heavy atom. The average Bonchev–Trinajstić information content (AvgIpc) is 3.89. The van der Waals surface area contributed by atoms with E-state index in [9.17, 15) is 0 Å². The second kappa shape index (κ2) is 13.5. The molecule has 3 aromatic heterocycles. The van der Waals surface area contributed by atoms with Crippen molar-refractivity contribution in [3.8, 4) is 68.2 Å². The summed E-state index contributed by atoms with van der Waals surface area (Å²) in [5.74, 6) is 3.43. The molecule has 2 aliphatic rings. The molecule has 7 heteroatoms. The summed E-state index contributed by atoms with van der Waals surface area (Å²) in [4.78, 5) is 16.3. The highest BCUT2D eigenvalue weighted by Crippen LogP contribution is 2.42. The van der Waals surface area contributed by atoms with E-state index in [1.54, 1.807) is 0 Å². The molecule has 0 saturated heterocycles. The lowest BCUT2D eigenvalue weighted by atomic mass is 9.34. The number of para-hydroxylation sites is 5. The zero-order valence-corrected chi connectivity index (χ0v) is 34.4. The summed E-state index contributed by atoms with van der Waals surface area (Å²) in [5.41, 5.74) is 15.4. The van der Waals surface area contributed by atoms with E-state index < -0.39 is 0 Å². The Morgan fingerprint density at radius 3 is 1.34 bits per heavy atom. The highest BCUT2D eigenvalue weighted by Gasteiger charge is 2.38. The molecule has 0 unspecified atom stereocenters. The Kier molecular flexibility index (Phi) is 7.39. The SMILES string of the molecule is c1ccc2c(c1)Oc1cccc3c1B2c1ccc(-c2nc(-n4c5ccccc5c5ccccc54)nc(-n4c5ccccc5c5ccccc54)n2)cc1-c1ccccc1-c1ccccc1-3. The van der Waals surface area contributed by atoms with Gasteiger partial charge in [0.15, 0.2) is 5.82 Å². The van der Waals surface area contributed by atoms with Gasteiger partial charge in [-0.1, -0.05) is 169 Å². The zero-order valence-electron chi connectivity index (χ0n) is 34.4. The van der Waals surface area contributed by atoms with Crippen LogP contribution in [0.15, 0.2) is 206 Å². The Bertz CT molecular complexity index is 3680. The molecule has 6 nitrogen and oxygen atoms in total. The van der Waals surface area contributed by atoms with E-state index in [1.807, 2.05) is 0 Å². The molecule has 64 heavy (non-hydrogen) atoms. The van der Waals surface area contributed by atoms with Gasteiger partial charge in [-0.05, 0) is 86.8 Å². The summed E-state index contributed by atoms with van der Waals surface area (Å²) >= 11 is 0. The molecular formula is C57H34BN5O. The molecule has 2 aliphatic heterocycles. The van der Waals surface area contributed by atoms with E-state index >= 15 is 0 Å². The van der Waals surface area contributed by atoms with Crippen molar-refractivity contribution in [2.75, 3.05) is 0 Å². The van der Waals surface area contributed by atoms with Crippen LogP contribution in [0.2, 0.25) is 0 Å². The normalized spacial score (nSPS) is 12.5. The van der Waals surface area contributed by atoms with Crippen LogP contribution >= 0.6 is 0 Å². The summed E-state index contributed by atoms with van der Waals surface area (Å²) in [6.45, 7) is -0.112. The molecule has 0 fully saturated rings. The van der Waals surface area contributed by atoms with Crippen molar-refractivity contribution in [1.82, 2.24) is 24.1 Å². The third kappa shape index (κ3) is 5.00. The van der Waals surface area contributed by atoms with Gasteiger partial charge in [0.1, 0.15) is 11.5 Å². The van der Waals surface area contributed by atoms with E-state index in [-0.39, 0.29) is 6.71 Å². The molecule has 0 radical (unpaired) electrons. The molecule has 12 aromatic rings. The molecule has 0 atom stereocenters. The second-order valence-electron chi connectivity index (χ2n) is 16.7. The van der Waals surface area contributed by atoms with Crippen molar-refractivity contribution in [2.24, 2.45) is 0 Å². The monoisotopic (exact) mass is 815 g/mol. The van der Waals surface area contributed by atoms with Crippen molar-refractivity contribution >= 4 is 66.7 Å². The number of nitrogens with zero attached hydrogens (tertiary/aromatic N) is 5. The molecule has 5 heterocycles. The van der Waals surface area contributed by atoms with Crippen molar-refractivity contribution in [2.45, 2.75) is 0 Å². The second-order valence-corrected chi connectivity index (χ2v) is 16.7. The van der Waals surface area contributed by atoms with Crippen LogP contribution in [0.4, 0.5) is 0 Å².